The van der Waals surface area contributed by atoms with Crippen LogP contribution >= 0.6 is 0 Å². The largest absolute Gasteiger partial charge is 0.494 e. The average molecular weight is 328 g/mol. The zero-order chi connectivity index (χ0) is 17.2. The molecule has 0 bridgehead atoms. The molecule has 1 aliphatic rings. The van der Waals surface area contributed by atoms with Gasteiger partial charge in [0.1, 0.15) is 29.4 Å². The van der Waals surface area contributed by atoms with Gasteiger partial charge in [0.25, 0.3) is 0 Å². The molecule has 5 nitrogen and oxygen atoms in total. The Hall–Kier alpha value is -2.69. The third-order valence-electron chi connectivity index (χ3n) is 3.49. The standard InChI is InChI=1S/C19H20O5/c1-4-21-14-10-15(22-12-13-8-6-5-7-9-13)17-16(11-14)23-19(2,3)24-18(17)20/h5-11H,4,12H2,1-3H3. The van der Waals surface area contributed by atoms with Crippen LogP contribution in [0.2, 0.25) is 0 Å². The molecule has 0 aromatic heterocycles. The van der Waals surface area contributed by atoms with Crippen LogP contribution in [0.4, 0.5) is 0 Å². The monoisotopic (exact) mass is 328 g/mol. The van der Waals surface area contributed by atoms with Gasteiger partial charge in [0.15, 0.2) is 0 Å². The van der Waals surface area contributed by atoms with Crippen LogP contribution in [-0.4, -0.2) is 18.4 Å². The number of carbonyl (C=O) groups excluding carboxylic acids is 1. The summed E-state index contributed by atoms with van der Waals surface area (Å²) in [6.07, 6.45) is 0. The summed E-state index contributed by atoms with van der Waals surface area (Å²) in [5.74, 6) is -0.103. The molecule has 5 heteroatoms. The lowest BCUT2D eigenvalue weighted by molar-refractivity contribution is -0.127. The van der Waals surface area contributed by atoms with Gasteiger partial charge in [0.2, 0.25) is 5.79 Å². The highest BCUT2D eigenvalue weighted by Gasteiger charge is 2.37. The number of cyclic esters (lactones) is 1. The molecule has 1 aliphatic heterocycles. The van der Waals surface area contributed by atoms with Gasteiger partial charge in [-0.25, -0.2) is 4.79 Å². The van der Waals surface area contributed by atoms with Gasteiger partial charge in [-0.15, -0.1) is 0 Å². The number of fused-ring (bicyclic) bond motifs is 1. The van der Waals surface area contributed by atoms with E-state index in [9.17, 15) is 4.79 Å². The number of ether oxygens (including phenoxy) is 4. The number of esters is 1. The maximum absolute atomic E-state index is 12.4. The van der Waals surface area contributed by atoms with Crippen molar-refractivity contribution in [3.63, 3.8) is 0 Å². The molecule has 0 amide bonds. The Balaban J connectivity index is 1.95. The van der Waals surface area contributed by atoms with E-state index in [0.29, 0.717) is 30.5 Å². The van der Waals surface area contributed by atoms with E-state index in [1.54, 1.807) is 26.0 Å². The third-order valence-corrected chi connectivity index (χ3v) is 3.49. The molecule has 0 unspecified atom stereocenters. The molecule has 24 heavy (non-hydrogen) atoms. The summed E-state index contributed by atoms with van der Waals surface area (Å²) < 4.78 is 22.5. The van der Waals surface area contributed by atoms with Gasteiger partial charge in [0.05, 0.1) is 6.61 Å². The topological polar surface area (TPSA) is 54.0 Å². The van der Waals surface area contributed by atoms with Crippen molar-refractivity contribution in [3.05, 3.63) is 53.6 Å². The van der Waals surface area contributed by atoms with E-state index in [4.69, 9.17) is 18.9 Å². The third kappa shape index (κ3) is 3.45. The fourth-order valence-electron chi connectivity index (χ4n) is 2.51. The van der Waals surface area contributed by atoms with E-state index in [-0.39, 0.29) is 5.56 Å². The fraction of sp³-hybridized carbons (Fsp3) is 0.316. The fourth-order valence-corrected chi connectivity index (χ4v) is 2.51. The van der Waals surface area contributed by atoms with Gasteiger partial charge in [-0.2, -0.15) is 0 Å². The highest BCUT2D eigenvalue weighted by atomic mass is 16.7. The summed E-state index contributed by atoms with van der Waals surface area (Å²) in [6, 6.07) is 13.1. The van der Waals surface area contributed by atoms with Crippen molar-refractivity contribution < 1.29 is 23.7 Å². The molecule has 3 rings (SSSR count). The molecule has 0 saturated heterocycles. The Morgan fingerprint density at radius 3 is 2.50 bits per heavy atom. The van der Waals surface area contributed by atoms with Gasteiger partial charge < -0.3 is 18.9 Å². The van der Waals surface area contributed by atoms with E-state index in [1.807, 2.05) is 37.3 Å². The maximum atomic E-state index is 12.4. The quantitative estimate of drug-likeness (QED) is 0.778. The summed E-state index contributed by atoms with van der Waals surface area (Å²) in [5, 5.41) is 0. The number of hydrogen-bond donors (Lipinski definition) is 0. The molecular weight excluding hydrogens is 308 g/mol. The minimum absolute atomic E-state index is 0.286. The van der Waals surface area contributed by atoms with Crippen molar-refractivity contribution >= 4 is 5.97 Å². The second-order valence-electron chi connectivity index (χ2n) is 5.89. The lowest BCUT2D eigenvalue weighted by Crippen LogP contribution is -2.39. The minimum Gasteiger partial charge on any atom is -0.494 e. The minimum atomic E-state index is -1.02. The van der Waals surface area contributed by atoms with Gasteiger partial charge in [-0.1, -0.05) is 30.3 Å². The number of hydrogen-bond acceptors (Lipinski definition) is 5. The molecule has 0 spiro atoms. The number of carbonyl (C=O) groups is 1. The maximum Gasteiger partial charge on any atom is 0.349 e. The normalized spacial score (nSPS) is 15.0. The second-order valence-corrected chi connectivity index (χ2v) is 5.89. The molecular formula is C19H20O5. The van der Waals surface area contributed by atoms with Crippen LogP contribution in [0, 0.1) is 0 Å². The van der Waals surface area contributed by atoms with Crippen molar-refractivity contribution in [2.75, 3.05) is 6.61 Å². The first kappa shape index (κ1) is 16.2. The molecule has 2 aromatic rings. The Morgan fingerprint density at radius 2 is 1.79 bits per heavy atom. The zero-order valence-corrected chi connectivity index (χ0v) is 14.0. The van der Waals surface area contributed by atoms with Crippen molar-refractivity contribution in [3.8, 4) is 17.2 Å². The van der Waals surface area contributed by atoms with Gasteiger partial charge in [0, 0.05) is 26.0 Å². The van der Waals surface area contributed by atoms with Crippen LogP contribution in [-0.2, 0) is 11.3 Å². The smallest absolute Gasteiger partial charge is 0.349 e. The van der Waals surface area contributed by atoms with Crippen LogP contribution in [0.3, 0.4) is 0 Å². The lowest BCUT2D eigenvalue weighted by atomic mass is 10.1. The lowest BCUT2D eigenvalue weighted by Gasteiger charge is -2.32. The van der Waals surface area contributed by atoms with E-state index in [0.717, 1.165) is 5.56 Å². The van der Waals surface area contributed by atoms with Crippen molar-refractivity contribution in [1.29, 1.82) is 0 Å². The summed E-state index contributed by atoms with van der Waals surface area (Å²) in [7, 11) is 0. The molecule has 126 valence electrons. The molecule has 0 fully saturated rings. The first-order valence-corrected chi connectivity index (χ1v) is 7.88. The van der Waals surface area contributed by atoms with E-state index in [2.05, 4.69) is 0 Å². The van der Waals surface area contributed by atoms with Crippen LogP contribution in [0.5, 0.6) is 17.2 Å². The summed E-state index contributed by atoms with van der Waals surface area (Å²) in [5.41, 5.74) is 1.28. The van der Waals surface area contributed by atoms with E-state index >= 15 is 0 Å². The molecule has 0 aliphatic carbocycles. The molecule has 0 N–H and O–H groups in total. The highest BCUT2D eigenvalue weighted by Crippen LogP contribution is 2.40. The van der Waals surface area contributed by atoms with Gasteiger partial charge in [-0.3, -0.25) is 0 Å². The van der Waals surface area contributed by atoms with Gasteiger partial charge in [-0.05, 0) is 12.5 Å². The Kier molecular flexibility index (Phi) is 4.34. The Labute approximate surface area is 141 Å². The SMILES string of the molecule is CCOc1cc(OCc2ccccc2)c2c(c1)OC(C)(C)OC2=O. The Morgan fingerprint density at radius 1 is 1.04 bits per heavy atom. The zero-order valence-electron chi connectivity index (χ0n) is 14.0. The molecule has 2 aromatic carbocycles. The number of rotatable bonds is 5. The molecule has 0 radical (unpaired) electrons. The summed E-state index contributed by atoms with van der Waals surface area (Å²) >= 11 is 0. The number of benzene rings is 2. The van der Waals surface area contributed by atoms with Gasteiger partial charge >= 0.3 is 5.97 Å². The van der Waals surface area contributed by atoms with Crippen molar-refractivity contribution in [2.45, 2.75) is 33.2 Å². The van der Waals surface area contributed by atoms with Crippen LogP contribution < -0.4 is 14.2 Å². The molecule has 1 heterocycles. The summed E-state index contributed by atoms with van der Waals surface area (Å²) in [4.78, 5) is 12.4. The van der Waals surface area contributed by atoms with Crippen LogP contribution in [0.15, 0.2) is 42.5 Å². The first-order chi connectivity index (χ1) is 11.5. The second kappa shape index (κ2) is 6.43. The first-order valence-electron chi connectivity index (χ1n) is 7.88. The predicted molar refractivity (Wildman–Crippen MR) is 88.5 cm³/mol. The van der Waals surface area contributed by atoms with E-state index < -0.39 is 11.8 Å². The average Bonchev–Trinajstić information content (AvgIpc) is 2.52. The van der Waals surface area contributed by atoms with Crippen molar-refractivity contribution in [1.82, 2.24) is 0 Å². The highest BCUT2D eigenvalue weighted by molar-refractivity contribution is 5.97. The predicted octanol–water partition coefficient (Wildman–Crippen LogP) is 3.95. The van der Waals surface area contributed by atoms with Crippen molar-refractivity contribution in [2.24, 2.45) is 0 Å². The van der Waals surface area contributed by atoms with Crippen LogP contribution in [0.25, 0.3) is 0 Å². The molecule has 0 atom stereocenters. The Bertz CT molecular complexity index is 737. The summed E-state index contributed by atoms with van der Waals surface area (Å²) in [6.45, 7) is 6.10. The van der Waals surface area contributed by atoms with E-state index in [1.165, 1.54) is 0 Å². The van der Waals surface area contributed by atoms with Crippen LogP contribution in [0.1, 0.15) is 36.7 Å². The molecule has 0 saturated carbocycles.